The summed E-state index contributed by atoms with van der Waals surface area (Å²) in [7, 11) is 0. The minimum atomic E-state index is -0.769. The summed E-state index contributed by atoms with van der Waals surface area (Å²) in [5, 5.41) is 0. The second-order valence-electron chi connectivity index (χ2n) is 7.06. The van der Waals surface area contributed by atoms with E-state index in [1.807, 2.05) is 33.8 Å². The molecule has 0 saturated carbocycles. The van der Waals surface area contributed by atoms with Crippen LogP contribution in [-0.4, -0.2) is 24.0 Å². The van der Waals surface area contributed by atoms with Crippen molar-refractivity contribution in [2.45, 2.75) is 60.5 Å². The SMILES string of the molecule is CC(C)=CC[C@H]1CC(OC(C=O)C=C(C)C)=C(C(=O)C(C)C)C1=O. The molecule has 0 heterocycles. The van der Waals surface area contributed by atoms with Gasteiger partial charge < -0.3 is 4.74 Å². The van der Waals surface area contributed by atoms with E-state index in [1.54, 1.807) is 19.9 Å². The fraction of sp³-hybridized carbons (Fsp3) is 0.550. The quantitative estimate of drug-likeness (QED) is 0.383. The molecule has 1 rings (SSSR count). The second-order valence-corrected chi connectivity index (χ2v) is 7.06. The minimum Gasteiger partial charge on any atom is -0.482 e. The van der Waals surface area contributed by atoms with Crippen molar-refractivity contribution in [2.24, 2.45) is 11.8 Å². The van der Waals surface area contributed by atoms with E-state index in [0.717, 1.165) is 11.1 Å². The number of ether oxygens (including phenoxy) is 1. The molecule has 0 aromatic rings. The van der Waals surface area contributed by atoms with Crippen molar-refractivity contribution in [3.8, 4) is 0 Å². The normalized spacial score (nSPS) is 18.5. The molecule has 1 unspecified atom stereocenters. The molecule has 24 heavy (non-hydrogen) atoms. The molecule has 132 valence electrons. The van der Waals surface area contributed by atoms with Crippen LogP contribution < -0.4 is 0 Å². The lowest BCUT2D eigenvalue weighted by molar-refractivity contribution is -0.124. The smallest absolute Gasteiger partial charge is 0.173 e. The van der Waals surface area contributed by atoms with Crippen molar-refractivity contribution in [3.63, 3.8) is 0 Å². The number of carbonyl (C=O) groups is 3. The van der Waals surface area contributed by atoms with Crippen molar-refractivity contribution >= 4 is 17.9 Å². The average molecular weight is 332 g/mol. The van der Waals surface area contributed by atoms with Gasteiger partial charge in [0.1, 0.15) is 5.76 Å². The van der Waals surface area contributed by atoms with Gasteiger partial charge in [-0.25, -0.2) is 0 Å². The Morgan fingerprint density at radius 1 is 1.21 bits per heavy atom. The first-order valence-electron chi connectivity index (χ1n) is 8.39. The number of ketones is 2. The summed E-state index contributed by atoms with van der Waals surface area (Å²) < 4.78 is 5.74. The summed E-state index contributed by atoms with van der Waals surface area (Å²) >= 11 is 0. The Morgan fingerprint density at radius 2 is 1.83 bits per heavy atom. The molecule has 0 amide bonds. The van der Waals surface area contributed by atoms with E-state index in [1.165, 1.54) is 0 Å². The highest BCUT2D eigenvalue weighted by molar-refractivity contribution is 6.23. The lowest BCUT2D eigenvalue weighted by atomic mass is 9.94. The number of carbonyl (C=O) groups excluding carboxylic acids is 3. The molecule has 0 saturated heterocycles. The zero-order valence-electron chi connectivity index (χ0n) is 15.5. The van der Waals surface area contributed by atoms with Crippen molar-refractivity contribution in [1.29, 1.82) is 0 Å². The topological polar surface area (TPSA) is 60.4 Å². The zero-order valence-corrected chi connectivity index (χ0v) is 15.5. The van der Waals surface area contributed by atoms with Crippen molar-refractivity contribution in [3.05, 3.63) is 34.6 Å². The number of hydrogen-bond acceptors (Lipinski definition) is 4. The Morgan fingerprint density at radius 3 is 2.29 bits per heavy atom. The van der Waals surface area contributed by atoms with Crippen LogP contribution in [0.2, 0.25) is 0 Å². The lowest BCUT2D eigenvalue weighted by Gasteiger charge is -2.14. The molecule has 4 nitrogen and oxygen atoms in total. The fourth-order valence-electron chi connectivity index (χ4n) is 2.58. The van der Waals surface area contributed by atoms with E-state index < -0.39 is 6.10 Å². The van der Waals surface area contributed by atoms with E-state index >= 15 is 0 Å². The van der Waals surface area contributed by atoms with Crippen LogP contribution in [0.5, 0.6) is 0 Å². The third-order valence-corrected chi connectivity index (χ3v) is 3.82. The average Bonchev–Trinajstić information content (AvgIpc) is 2.78. The number of allylic oxidation sites excluding steroid dienone is 5. The van der Waals surface area contributed by atoms with E-state index in [-0.39, 0.29) is 29.0 Å². The highest BCUT2D eigenvalue weighted by Crippen LogP contribution is 2.34. The number of aldehydes is 1. The molecular weight excluding hydrogens is 304 g/mol. The van der Waals surface area contributed by atoms with Gasteiger partial charge in [-0.05, 0) is 40.2 Å². The molecule has 2 atom stereocenters. The highest BCUT2D eigenvalue weighted by Gasteiger charge is 2.38. The maximum absolute atomic E-state index is 12.7. The Balaban J connectivity index is 3.14. The first-order valence-corrected chi connectivity index (χ1v) is 8.39. The predicted molar refractivity (Wildman–Crippen MR) is 94.4 cm³/mol. The van der Waals surface area contributed by atoms with Crippen LogP contribution in [0.25, 0.3) is 0 Å². The van der Waals surface area contributed by atoms with E-state index in [9.17, 15) is 14.4 Å². The first kappa shape index (κ1) is 20.1. The number of rotatable bonds is 8. The minimum absolute atomic E-state index is 0.145. The van der Waals surface area contributed by atoms with Gasteiger partial charge in [-0.15, -0.1) is 0 Å². The summed E-state index contributed by atoms with van der Waals surface area (Å²) in [5.74, 6) is -0.588. The second kappa shape index (κ2) is 8.76. The van der Waals surface area contributed by atoms with Gasteiger partial charge in [-0.2, -0.15) is 0 Å². The third-order valence-electron chi connectivity index (χ3n) is 3.82. The van der Waals surface area contributed by atoms with E-state index in [4.69, 9.17) is 4.74 Å². The lowest BCUT2D eigenvalue weighted by Crippen LogP contribution is -2.20. The highest BCUT2D eigenvalue weighted by atomic mass is 16.5. The fourth-order valence-corrected chi connectivity index (χ4v) is 2.58. The summed E-state index contributed by atoms with van der Waals surface area (Å²) in [6, 6.07) is 0. The van der Waals surface area contributed by atoms with Gasteiger partial charge in [0.15, 0.2) is 24.0 Å². The summed E-state index contributed by atoms with van der Waals surface area (Å²) in [4.78, 5) is 36.4. The molecule has 0 bridgehead atoms. The van der Waals surface area contributed by atoms with Gasteiger partial charge in [-0.3, -0.25) is 14.4 Å². The van der Waals surface area contributed by atoms with Crippen molar-refractivity contribution < 1.29 is 19.1 Å². The molecule has 1 aliphatic carbocycles. The Bertz CT molecular complexity index is 597. The zero-order chi connectivity index (χ0) is 18.4. The van der Waals surface area contributed by atoms with Crippen LogP contribution in [0.1, 0.15) is 54.4 Å². The van der Waals surface area contributed by atoms with Gasteiger partial charge >= 0.3 is 0 Å². The van der Waals surface area contributed by atoms with Crippen LogP contribution in [-0.2, 0) is 19.1 Å². The largest absolute Gasteiger partial charge is 0.482 e. The molecule has 0 radical (unpaired) electrons. The number of hydrogen-bond donors (Lipinski definition) is 0. The van der Waals surface area contributed by atoms with Gasteiger partial charge in [0.05, 0.1) is 5.57 Å². The summed E-state index contributed by atoms with van der Waals surface area (Å²) in [5.41, 5.74) is 2.21. The molecule has 0 aromatic heterocycles. The first-order chi connectivity index (χ1) is 11.2. The Labute approximate surface area is 144 Å². The van der Waals surface area contributed by atoms with Crippen LogP contribution in [0.15, 0.2) is 34.6 Å². The Kier molecular flexibility index (Phi) is 7.33. The van der Waals surface area contributed by atoms with Gasteiger partial charge in [-0.1, -0.05) is 31.1 Å². The predicted octanol–water partition coefficient (Wildman–Crippen LogP) is 3.96. The monoisotopic (exact) mass is 332 g/mol. The summed E-state index contributed by atoms with van der Waals surface area (Å²) in [6.45, 7) is 11.2. The number of Topliss-reactive ketones (excluding diaryl/α,β-unsaturated/α-hetero) is 2. The van der Waals surface area contributed by atoms with Crippen molar-refractivity contribution in [2.75, 3.05) is 0 Å². The van der Waals surface area contributed by atoms with E-state index in [2.05, 4.69) is 0 Å². The van der Waals surface area contributed by atoms with Crippen LogP contribution in [0.3, 0.4) is 0 Å². The molecular formula is C20H28O4. The third kappa shape index (κ3) is 5.29. The Hall–Kier alpha value is -1.97. The van der Waals surface area contributed by atoms with Crippen LogP contribution in [0, 0.1) is 11.8 Å². The van der Waals surface area contributed by atoms with E-state index in [0.29, 0.717) is 24.9 Å². The van der Waals surface area contributed by atoms with Crippen LogP contribution in [0.4, 0.5) is 0 Å². The molecule has 0 aliphatic heterocycles. The molecule has 0 fully saturated rings. The van der Waals surface area contributed by atoms with Crippen molar-refractivity contribution in [1.82, 2.24) is 0 Å². The maximum Gasteiger partial charge on any atom is 0.173 e. The van der Waals surface area contributed by atoms with Gasteiger partial charge in [0, 0.05) is 18.3 Å². The molecule has 0 aromatic carbocycles. The molecule has 0 spiro atoms. The van der Waals surface area contributed by atoms with Gasteiger partial charge in [0.25, 0.3) is 0 Å². The maximum atomic E-state index is 12.7. The molecule has 4 heteroatoms. The molecule has 0 N–H and O–H groups in total. The molecule has 1 aliphatic rings. The van der Waals surface area contributed by atoms with Crippen LogP contribution >= 0.6 is 0 Å². The van der Waals surface area contributed by atoms with Gasteiger partial charge in [0.2, 0.25) is 0 Å². The summed E-state index contributed by atoms with van der Waals surface area (Å²) in [6.07, 6.45) is 4.55. The standard InChI is InChI=1S/C20H28O4/c1-12(2)7-8-15-10-17(24-16(11-21)9-13(3)4)18(20(15)23)19(22)14(5)6/h7,9,11,14-16H,8,10H2,1-6H3/t15-,16?/m0/s1.